The Morgan fingerprint density at radius 2 is 2.00 bits per heavy atom. The molecule has 1 unspecified atom stereocenters. The predicted octanol–water partition coefficient (Wildman–Crippen LogP) is 1.56. The quantitative estimate of drug-likeness (QED) is 0.569. The van der Waals surface area contributed by atoms with Gasteiger partial charge in [0.1, 0.15) is 0 Å². The van der Waals surface area contributed by atoms with Crippen molar-refractivity contribution in [3.63, 3.8) is 0 Å². The smallest absolute Gasteiger partial charge is 0.312 e. The van der Waals surface area contributed by atoms with Gasteiger partial charge in [0.15, 0.2) is 0 Å². The molecule has 0 amide bonds. The molecule has 1 rings (SSSR count). The summed E-state index contributed by atoms with van der Waals surface area (Å²) in [6.45, 7) is 1.46. The van der Waals surface area contributed by atoms with Crippen molar-refractivity contribution in [2.24, 2.45) is 0 Å². The van der Waals surface area contributed by atoms with Gasteiger partial charge in [-0.3, -0.25) is 4.79 Å². The maximum absolute atomic E-state index is 11.2. The topological polar surface area (TPSA) is 69.6 Å². The molecule has 0 saturated carbocycles. The molecular weight excluding hydrogens is 262 g/mol. The van der Waals surface area contributed by atoms with Gasteiger partial charge in [-0.25, -0.2) is 0 Å². The fourth-order valence-corrected chi connectivity index (χ4v) is 2.52. The van der Waals surface area contributed by atoms with E-state index in [0.29, 0.717) is 6.54 Å². The lowest BCUT2D eigenvalue weighted by atomic mass is 9.99. The second kappa shape index (κ2) is 9.83. The number of rotatable bonds is 10. The number of carboxylic acids is 1. The van der Waals surface area contributed by atoms with E-state index in [-0.39, 0.29) is 6.61 Å². The molecule has 0 spiro atoms. The number of aliphatic hydroxyl groups is 1. The average molecular weight is 283 g/mol. The number of thioether (sulfide) groups is 1. The first kappa shape index (κ1) is 16.0. The van der Waals surface area contributed by atoms with Gasteiger partial charge in [0.2, 0.25) is 0 Å². The van der Waals surface area contributed by atoms with Crippen LogP contribution in [0.5, 0.6) is 0 Å². The normalized spacial score (nSPS) is 12.3. The third-order valence-electron chi connectivity index (χ3n) is 2.72. The van der Waals surface area contributed by atoms with Gasteiger partial charge in [0.05, 0.1) is 5.92 Å². The summed E-state index contributed by atoms with van der Waals surface area (Å²) in [5.74, 6) is 0.579. The van der Waals surface area contributed by atoms with Crippen molar-refractivity contribution in [2.75, 3.05) is 31.2 Å². The first-order valence-electron chi connectivity index (χ1n) is 6.42. The average Bonchev–Trinajstić information content (AvgIpc) is 2.42. The third-order valence-corrected chi connectivity index (χ3v) is 3.79. The molecule has 106 valence electrons. The van der Waals surface area contributed by atoms with Gasteiger partial charge in [-0.2, -0.15) is 11.8 Å². The SMILES string of the molecule is O=C(O)C(CNCCSCCCO)c1ccccc1. The first-order chi connectivity index (χ1) is 9.25. The van der Waals surface area contributed by atoms with Crippen LogP contribution in [-0.2, 0) is 4.79 Å². The summed E-state index contributed by atoms with van der Waals surface area (Å²) in [6.07, 6.45) is 0.812. The number of nitrogens with one attached hydrogen (secondary N) is 1. The monoisotopic (exact) mass is 283 g/mol. The van der Waals surface area contributed by atoms with E-state index in [2.05, 4.69) is 5.32 Å². The van der Waals surface area contributed by atoms with Gasteiger partial charge in [-0.05, 0) is 17.7 Å². The van der Waals surface area contributed by atoms with Crippen molar-refractivity contribution in [1.29, 1.82) is 0 Å². The van der Waals surface area contributed by atoms with Crippen molar-refractivity contribution in [3.05, 3.63) is 35.9 Å². The summed E-state index contributed by atoms with van der Waals surface area (Å²) in [4.78, 5) is 11.2. The zero-order valence-corrected chi connectivity index (χ0v) is 11.7. The summed E-state index contributed by atoms with van der Waals surface area (Å²) in [5, 5.41) is 21.0. The number of carboxylic acid groups (broad SMARTS) is 1. The molecule has 4 nitrogen and oxygen atoms in total. The lowest BCUT2D eigenvalue weighted by Gasteiger charge is -2.13. The standard InChI is InChI=1S/C14H21NO3S/c16-8-4-9-19-10-7-15-11-13(14(17)18)12-5-2-1-3-6-12/h1-3,5-6,13,15-16H,4,7-11H2,(H,17,18). The van der Waals surface area contributed by atoms with Crippen LogP contribution in [0.2, 0.25) is 0 Å². The maximum atomic E-state index is 11.2. The Morgan fingerprint density at radius 1 is 1.26 bits per heavy atom. The second-order valence-electron chi connectivity index (χ2n) is 4.20. The fraction of sp³-hybridized carbons (Fsp3) is 0.500. The van der Waals surface area contributed by atoms with Crippen LogP contribution in [0.3, 0.4) is 0 Å². The molecule has 3 N–H and O–H groups in total. The summed E-state index contributed by atoms with van der Waals surface area (Å²) < 4.78 is 0. The number of benzene rings is 1. The summed E-state index contributed by atoms with van der Waals surface area (Å²) in [5.41, 5.74) is 0.829. The highest BCUT2D eigenvalue weighted by molar-refractivity contribution is 7.99. The van der Waals surface area contributed by atoms with Gasteiger partial charge in [0, 0.05) is 25.4 Å². The van der Waals surface area contributed by atoms with E-state index < -0.39 is 11.9 Å². The summed E-state index contributed by atoms with van der Waals surface area (Å²) >= 11 is 1.76. The first-order valence-corrected chi connectivity index (χ1v) is 7.58. The highest BCUT2D eigenvalue weighted by Crippen LogP contribution is 2.14. The highest BCUT2D eigenvalue weighted by atomic mass is 32.2. The van der Waals surface area contributed by atoms with E-state index in [1.54, 1.807) is 11.8 Å². The van der Waals surface area contributed by atoms with E-state index in [1.807, 2.05) is 30.3 Å². The van der Waals surface area contributed by atoms with Gasteiger partial charge in [0.25, 0.3) is 0 Å². The minimum Gasteiger partial charge on any atom is -0.481 e. The number of aliphatic hydroxyl groups excluding tert-OH is 1. The molecule has 0 aliphatic rings. The van der Waals surface area contributed by atoms with Crippen molar-refractivity contribution in [3.8, 4) is 0 Å². The Bertz CT molecular complexity index is 359. The molecule has 0 radical (unpaired) electrons. The van der Waals surface area contributed by atoms with Gasteiger partial charge < -0.3 is 15.5 Å². The predicted molar refractivity (Wildman–Crippen MR) is 78.7 cm³/mol. The van der Waals surface area contributed by atoms with Gasteiger partial charge in [-0.1, -0.05) is 30.3 Å². The van der Waals surface area contributed by atoms with Crippen molar-refractivity contribution >= 4 is 17.7 Å². The molecule has 0 aliphatic heterocycles. The Kier molecular flexibility index (Phi) is 8.29. The molecular formula is C14H21NO3S. The van der Waals surface area contributed by atoms with Crippen molar-refractivity contribution in [1.82, 2.24) is 5.32 Å². The molecule has 0 aromatic heterocycles. The maximum Gasteiger partial charge on any atom is 0.312 e. The van der Waals surface area contributed by atoms with Crippen molar-refractivity contribution < 1.29 is 15.0 Å². The van der Waals surface area contributed by atoms with Crippen LogP contribution >= 0.6 is 11.8 Å². The molecule has 0 saturated heterocycles. The summed E-state index contributed by atoms with van der Waals surface area (Å²) in [6, 6.07) is 9.28. The van der Waals surface area contributed by atoms with Crippen LogP contribution in [0.15, 0.2) is 30.3 Å². The number of hydrogen-bond donors (Lipinski definition) is 3. The molecule has 1 aromatic carbocycles. The van der Waals surface area contributed by atoms with Crippen LogP contribution in [0.4, 0.5) is 0 Å². The third kappa shape index (κ3) is 6.61. The number of carbonyl (C=O) groups is 1. The minimum atomic E-state index is -0.799. The Balaban J connectivity index is 2.26. The Hall–Kier alpha value is -1.04. The zero-order valence-electron chi connectivity index (χ0n) is 10.9. The highest BCUT2D eigenvalue weighted by Gasteiger charge is 2.18. The van der Waals surface area contributed by atoms with E-state index in [0.717, 1.165) is 30.0 Å². The largest absolute Gasteiger partial charge is 0.481 e. The minimum absolute atomic E-state index is 0.232. The molecule has 1 atom stereocenters. The molecule has 0 fully saturated rings. The fourth-order valence-electron chi connectivity index (χ4n) is 1.69. The molecule has 0 aliphatic carbocycles. The van der Waals surface area contributed by atoms with Crippen LogP contribution < -0.4 is 5.32 Å². The number of hydrogen-bond acceptors (Lipinski definition) is 4. The van der Waals surface area contributed by atoms with Crippen LogP contribution in [-0.4, -0.2) is 47.4 Å². The Labute approximate surface area is 118 Å². The van der Waals surface area contributed by atoms with E-state index in [4.69, 9.17) is 5.11 Å². The van der Waals surface area contributed by atoms with Gasteiger partial charge >= 0.3 is 5.97 Å². The zero-order chi connectivity index (χ0) is 13.9. The lowest BCUT2D eigenvalue weighted by Crippen LogP contribution is -2.28. The molecule has 5 heteroatoms. The van der Waals surface area contributed by atoms with E-state index >= 15 is 0 Å². The van der Waals surface area contributed by atoms with Crippen LogP contribution in [0, 0.1) is 0 Å². The molecule has 19 heavy (non-hydrogen) atoms. The summed E-state index contributed by atoms with van der Waals surface area (Å²) in [7, 11) is 0. The van der Waals surface area contributed by atoms with Gasteiger partial charge in [-0.15, -0.1) is 0 Å². The molecule has 0 bridgehead atoms. The van der Waals surface area contributed by atoms with E-state index in [9.17, 15) is 9.90 Å². The van der Waals surface area contributed by atoms with E-state index in [1.165, 1.54) is 0 Å². The Morgan fingerprint density at radius 3 is 2.63 bits per heavy atom. The lowest BCUT2D eigenvalue weighted by molar-refractivity contribution is -0.138. The van der Waals surface area contributed by atoms with Crippen molar-refractivity contribution in [2.45, 2.75) is 12.3 Å². The molecule has 1 aromatic rings. The number of aliphatic carboxylic acids is 1. The van der Waals surface area contributed by atoms with Crippen LogP contribution in [0.25, 0.3) is 0 Å². The van der Waals surface area contributed by atoms with Crippen LogP contribution in [0.1, 0.15) is 17.9 Å². The molecule has 0 heterocycles. The second-order valence-corrected chi connectivity index (χ2v) is 5.42.